The minimum Gasteiger partial charge on any atom is -0.378 e. The van der Waals surface area contributed by atoms with Crippen molar-refractivity contribution in [1.29, 1.82) is 0 Å². The minimum atomic E-state index is -4.80. The minimum absolute atomic E-state index is 0.0750. The van der Waals surface area contributed by atoms with E-state index in [1.54, 1.807) is 29.6 Å². The normalized spacial score (nSPS) is 23.0. The number of aliphatic hydroxyl groups is 1. The quantitative estimate of drug-likeness (QED) is 0.543. The summed E-state index contributed by atoms with van der Waals surface area (Å²) < 4.78 is 73.1. The number of rotatable bonds is 8. The van der Waals surface area contributed by atoms with Gasteiger partial charge in [-0.15, -0.1) is 11.3 Å². The summed E-state index contributed by atoms with van der Waals surface area (Å²) in [7, 11) is -3.63. The Morgan fingerprint density at radius 1 is 1.20 bits per heavy atom. The molecule has 194 valence electrons. The Hall–Kier alpha value is -1.70. The number of ether oxygens (including phenoxy) is 1. The largest absolute Gasteiger partial charge is 0.421 e. The zero-order chi connectivity index (χ0) is 25.4. The number of halogens is 3. The molecule has 2 aliphatic rings. The average molecular weight is 534 g/mol. The Morgan fingerprint density at radius 2 is 1.89 bits per heavy atom. The number of nitrogens with one attached hydrogen (secondary N) is 1. The van der Waals surface area contributed by atoms with Crippen molar-refractivity contribution in [2.45, 2.75) is 54.4 Å². The molecule has 1 aromatic carbocycles. The highest BCUT2D eigenvalue weighted by atomic mass is 32.2. The van der Waals surface area contributed by atoms with Gasteiger partial charge in [-0.3, -0.25) is 0 Å². The van der Waals surface area contributed by atoms with Gasteiger partial charge >= 0.3 is 6.18 Å². The highest BCUT2D eigenvalue weighted by Gasteiger charge is 2.51. The second-order valence-corrected chi connectivity index (χ2v) is 12.4. The van der Waals surface area contributed by atoms with Gasteiger partial charge in [0.2, 0.25) is 0 Å². The number of piperazine rings is 1. The molecular weight excluding hydrogens is 503 g/mol. The summed E-state index contributed by atoms with van der Waals surface area (Å²) in [4.78, 5) is 2.04. The summed E-state index contributed by atoms with van der Waals surface area (Å²) >= 11 is 1.18. The molecule has 0 unspecified atom stereocenters. The highest BCUT2D eigenvalue weighted by molar-refractivity contribution is 7.91. The van der Waals surface area contributed by atoms with E-state index in [1.165, 1.54) is 27.8 Å². The number of alkyl halides is 3. The van der Waals surface area contributed by atoms with Crippen LogP contribution >= 0.6 is 11.3 Å². The van der Waals surface area contributed by atoms with Crippen LogP contribution in [0, 0.1) is 0 Å². The van der Waals surface area contributed by atoms with Gasteiger partial charge in [0, 0.05) is 37.4 Å². The number of benzene rings is 1. The second kappa shape index (κ2) is 9.98. The Bertz CT molecular complexity index is 1090. The molecule has 2 saturated heterocycles. The maximum absolute atomic E-state index is 13.3. The van der Waals surface area contributed by atoms with Crippen molar-refractivity contribution in [2.75, 3.05) is 37.7 Å². The first-order valence-corrected chi connectivity index (χ1v) is 13.8. The van der Waals surface area contributed by atoms with Crippen LogP contribution in [-0.4, -0.2) is 75.0 Å². The lowest BCUT2D eigenvalue weighted by molar-refractivity contribution is -0.258. The predicted octanol–water partition coefficient (Wildman–Crippen LogP) is 3.16. The van der Waals surface area contributed by atoms with Gasteiger partial charge in [-0.05, 0) is 49.4 Å². The number of nitrogens with zero attached hydrogens (tertiary/aromatic N) is 2. The fraction of sp³-hybridized carbons (Fsp3) is 0.565. The zero-order valence-corrected chi connectivity index (χ0v) is 21.2. The lowest BCUT2D eigenvalue weighted by Gasteiger charge is -2.43. The van der Waals surface area contributed by atoms with Crippen LogP contribution in [0.1, 0.15) is 25.8 Å². The molecule has 3 atom stereocenters. The second-order valence-electron chi connectivity index (χ2n) is 9.30. The number of thiophene rings is 1. The van der Waals surface area contributed by atoms with Crippen molar-refractivity contribution in [3.63, 3.8) is 0 Å². The average Bonchev–Trinajstić information content (AvgIpc) is 3.31. The van der Waals surface area contributed by atoms with Crippen molar-refractivity contribution < 1.29 is 31.4 Å². The van der Waals surface area contributed by atoms with Gasteiger partial charge in [-0.2, -0.15) is 17.5 Å². The number of anilines is 1. The van der Waals surface area contributed by atoms with Crippen molar-refractivity contribution >= 4 is 27.0 Å². The molecular formula is C23H30F3N3O4S2. The van der Waals surface area contributed by atoms with Gasteiger partial charge in [0.25, 0.3) is 10.0 Å². The molecule has 1 aromatic heterocycles. The van der Waals surface area contributed by atoms with Crippen LogP contribution in [-0.2, 0) is 20.4 Å². The van der Waals surface area contributed by atoms with E-state index in [0.29, 0.717) is 36.1 Å². The Morgan fingerprint density at radius 3 is 2.43 bits per heavy atom. The number of hydrogen-bond donors (Lipinski definition) is 2. The fourth-order valence-corrected chi connectivity index (χ4v) is 7.09. The predicted molar refractivity (Wildman–Crippen MR) is 128 cm³/mol. The van der Waals surface area contributed by atoms with Crippen molar-refractivity contribution in [3.8, 4) is 0 Å². The molecule has 0 radical (unpaired) electrons. The molecule has 0 saturated carbocycles. The monoisotopic (exact) mass is 533 g/mol. The summed E-state index contributed by atoms with van der Waals surface area (Å²) in [6.07, 6.45) is -4.17. The third-order valence-corrected chi connectivity index (χ3v) is 9.87. The Labute approximate surface area is 207 Å². The molecule has 2 aliphatic heterocycles. The summed E-state index contributed by atoms with van der Waals surface area (Å²) in [5.41, 5.74) is -2.52. The van der Waals surface area contributed by atoms with E-state index in [1.807, 2.05) is 11.8 Å². The first-order chi connectivity index (χ1) is 16.4. The van der Waals surface area contributed by atoms with Crippen molar-refractivity contribution in [2.24, 2.45) is 0 Å². The van der Waals surface area contributed by atoms with E-state index in [-0.39, 0.29) is 36.8 Å². The van der Waals surface area contributed by atoms with Crippen molar-refractivity contribution in [3.05, 3.63) is 47.3 Å². The van der Waals surface area contributed by atoms with Crippen LogP contribution in [0.25, 0.3) is 0 Å². The summed E-state index contributed by atoms with van der Waals surface area (Å²) in [6, 6.07) is 9.11. The zero-order valence-electron chi connectivity index (χ0n) is 19.5. The maximum atomic E-state index is 13.3. The standard InChI is InChI=1S/C23H30F3N3O4S2/c1-16(27-18-14-33-15-18)12-20-13-28(35(31,32)21-4-3-11-34-21)9-10-29(20)19-7-5-17(6-8-19)22(2,30)23(24,25)26/h3-8,11,16,18,20,27,30H,9-10,12-15H2,1-2H3/t16-,20-,22+/m0/s1. The lowest BCUT2D eigenvalue weighted by atomic mass is 9.94. The van der Waals surface area contributed by atoms with Gasteiger partial charge in [-0.25, -0.2) is 8.42 Å². The third-order valence-electron chi connectivity index (χ3n) is 6.63. The number of sulfonamides is 1. The first kappa shape index (κ1) is 26.4. The van der Waals surface area contributed by atoms with Crippen LogP contribution in [0.2, 0.25) is 0 Å². The van der Waals surface area contributed by atoms with Gasteiger partial charge in [0.15, 0.2) is 5.60 Å². The summed E-state index contributed by atoms with van der Waals surface area (Å²) in [5, 5.41) is 15.2. The molecule has 2 aromatic rings. The molecule has 3 heterocycles. The molecule has 2 fully saturated rings. The fourth-order valence-electron chi connectivity index (χ4n) is 4.48. The Kier molecular flexibility index (Phi) is 7.52. The Balaban J connectivity index is 1.56. The van der Waals surface area contributed by atoms with E-state index in [2.05, 4.69) is 5.32 Å². The van der Waals surface area contributed by atoms with E-state index >= 15 is 0 Å². The van der Waals surface area contributed by atoms with E-state index in [9.17, 15) is 26.7 Å². The van der Waals surface area contributed by atoms with Gasteiger partial charge in [-0.1, -0.05) is 18.2 Å². The smallest absolute Gasteiger partial charge is 0.378 e. The van der Waals surface area contributed by atoms with Crippen LogP contribution in [0.15, 0.2) is 46.0 Å². The topological polar surface area (TPSA) is 82.1 Å². The molecule has 0 aliphatic carbocycles. The summed E-state index contributed by atoms with van der Waals surface area (Å²) in [6.45, 7) is 4.95. The molecule has 2 N–H and O–H groups in total. The van der Waals surface area contributed by atoms with Gasteiger partial charge in [0.05, 0.1) is 19.3 Å². The van der Waals surface area contributed by atoms with Gasteiger partial charge in [0.1, 0.15) is 4.21 Å². The van der Waals surface area contributed by atoms with Crippen LogP contribution < -0.4 is 10.2 Å². The molecule has 0 amide bonds. The SMILES string of the molecule is C[C@@H](C[C@H]1CN(S(=O)(=O)c2cccs2)CCN1c1ccc([C@@](C)(O)C(F)(F)F)cc1)NC1COC1. The van der Waals surface area contributed by atoms with Crippen LogP contribution in [0.5, 0.6) is 0 Å². The lowest BCUT2D eigenvalue weighted by Crippen LogP contribution is -2.57. The van der Waals surface area contributed by atoms with Gasteiger partial charge < -0.3 is 20.1 Å². The molecule has 0 spiro atoms. The maximum Gasteiger partial charge on any atom is 0.421 e. The van der Waals surface area contributed by atoms with E-state index in [4.69, 9.17) is 4.74 Å². The molecule has 12 heteroatoms. The number of hydrogen-bond acceptors (Lipinski definition) is 7. The highest BCUT2D eigenvalue weighted by Crippen LogP contribution is 2.39. The molecule has 7 nitrogen and oxygen atoms in total. The first-order valence-electron chi connectivity index (χ1n) is 11.4. The van der Waals surface area contributed by atoms with Crippen molar-refractivity contribution in [1.82, 2.24) is 9.62 Å². The van der Waals surface area contributed by atoms with E-state index in [0.717, 1.165) is 6.92 Å². The summed E-state index contributed by atoms with van der Waals surface area (Å²) in [5.74, 6) is 0. The molecule has 35 heavy (non-hydrogen) atoms. The van der Waals surface area contributed by atoms with Crippen LogP contribution in [0.3, 0.4) is 0 Å². The van der Waals surface area contributed by atoms with E-state index < -0.39 is 21.8 Å². The van der Waals surface area contributed by atoms with Crippen LogP contribution in [0.4, 0.5) is 18.9 Å². The third kappa shape index (κ3) is 5.52. The molecule has 4 rings (SSSR count). The molecule has 0 bridgehead atoms.